The summed E-state index contributed by atoms with van der Waals surface area (Å²) in [6.45, 7) is 4.93. The standard InChI is InChI=1S/C14H23N3O4/c1-2-7-16-9-5-14(6-10-16)12(20)17(13(21)15-14)8-3-4-11(18)19/h2-10H2,1H3,(H,15,21)(H,18,19). The molecule has 0 aromatic rings. The number of aliphatic carboxylic acids is 1. The highest BCUT2D eigenvalue weighted by Crippen LogP contribution is 2.29. The Labute approximate surface area is 124 Å². The molecule has 2 saturated heterocycles. The maximum Gasteiger partial charge on any atom is 0.325 e. The number of hydrogen-bond donors (Lipinski definition) is 2. The Morgan fingerprint density at radius 3 is 2.52 bits per heavy atom. The molecule has 0 radical (unpaired) electrons. The molecule has 0 aromatic carbocycles. The van der Waals surface area contributed by atoms with E-state index in [4.69, 9.17) is 5.11 Å². The van der Waals surface area contributed by atoms with Gasteiger partial charge in [0.05, 0.1) is 0 Å². The molecule has 7 nitrogen and oxygen atoms in total. The highest BCUT2D eigenvalue weighted by Gasteiger charge is 2.51. The molecule has 2 N–H and O–H groups in total. The first-order chi connectivity index (χ1) is 9.98. The maximum absolute atomic E-state index is 12.5. The zero-order chi connectivity index (χ0) is 15.5. The van der Waals surface area contributed by atoms with E-state index in [2.05, 4.69) is 17.1 Å². The van der Waals surface area contributed by atoms with Crippen LogP contribution in [-0.4, -0.2) is 64.5 Å². The SMILES string of the molecule is CCCN1CCC2(CC1)NC(=O)N(CCCC(=O)O)C2=O. The van der Waals surface area contributed by atoms with Gasteiger partial charge in [-0.15, -0.1) is 0 Å². The molecule has 2 rings (SSSR count). The Kier molecular flexibility index (Phi) is 4.82. The maximum atomic E-state index is 12.5. The van der Waals surface area contributed by atoms with Crippen molar-refractivity contribution in [2.24, 2.45) is 0 Å². The first kappa shape index (κ1) is 15.8. The van der Waals surface area contributed by atoms with Crippen molar-refractivity contribution in [1.82, 2.24) is 15.1 Å². The average Bonchev–Trinajstić information content (AvgIpc) is 2.66. The first-order valence-corrected chi connectivity index (χ1v) is 7.57. The van der Waals surface area contributed by atoms with Crippen molar-refractivity contribution in [3.8, 4) is 0 Å². The Balaban J connectivity index is 1.93. The molecule has 1 spiro atoms. The minimum absolute atomic E-state index is 0.0334. The average molecular weight is 297 g/mol. The molecule has 3 amide bonds. The Bertz CT molecular complexity index is 430. The summed E-state index contributed by atoms with van der Waals surface area (Å²) in [5.74, 6) is -1.10. The number of imide groups is 1. The van der Waals surface area contributed by atoms with E-state index in [0.29, 0.717) is 19.3 Å². The summed E-state index contributed by atoms with van der Waals surface area (Å²) in [7, 11) is 0. The number of carboxylic acids is 1. The predicted molar refractivity (Wildman–Crippen MR) is 75.8 cm³/mol. The lowest BCUT2D eigenvalue weighted by molar-refractivity contribution is -0.138. The molecule has 2 fully saturated rings. The monoisotopic (exact) mass is 297 g/mol. The minimum Gasteiger partial charge on any atom is -0.481 e. The molecule has 7 heteroatoms. The van der Waals surface area contributed by atoms with Gasteiger partial charge in [0.1, 0.15) is 5.54 Å². The number of nitrogens with one attached hydrogen (secondary N) is 1. The van der Waals surface area contributed by atoms with Gasteiger partial charge in [-0.2, -0.15) is 0 Å². The summed E-state index contributed by atoms with van der Waals surface area (Å²) >= 11 is 0. The topological polar surface area (TPSA) is 90.0 Å². The van der Waals surface area contributed by atoms with E-state index in [1.165, 1.54) is 4.90 Å². The molecule has 2 heterocycles. The second-order valence-corrected chi connectivity index (χ2v) is 5.81. The molecule has 0 aliphatic carbocycles. The van der Waals surface area contributed by atoms with Gasteiger partial charge in [0, 0.05) is 26.1 Å². The number of likely N-dealkylation sites (tertiary alicyclic amines) is 1. The summed E-state index contributed by atoms with van der Waals surface area (Å²) in [6.07, 6.45) is 2.61. The van der Waals surface area contributed by atoms with Crippen molar-refractivity contribution in [2.75, 3.05) is 26.2 Å². The zero-order valence-electron chi connectivity index (χ0n) is 12.4. The van der Waals surface area contributed by atoms with E-state index in [0.717, 1.165) is 26.1 Å². The summed E-state index contributed by atoms with van der Waals surface area (Å²) in [5.41, 5.74) is -0.759. The Hall–Kier alpha value is -1.63. The summed E-state index contributed by atoms with van der Waals surface area (Å²) in [6, 6.07) is -0.380. The van der Waals surface area contributed by atoms with Crippen molar-refractivity contribution in [2.45, 2.75) is 44.6 Å². The van der Waals surface area contributed by atoms with Gasteiger partial charge < -0.3 is 15.3 Å². The summed E-state index contributed by atoms with van der Waals surface area (Å²) in [5, 5.41) is 11.5. The van der Waals surface area contributed by atoms with Crippen LogP contribution in [-0.2, 0) is 9.59 Å². The molecule has 0 unspecified atom stereocenters. The molecular weight excluding hydrogens is 274 g/mol. The van der Waals surface area contributed by atoms with Gasteiger partial charge in [0.25, 0.3) is 5.91 Å². The molecule has 0 bridgehead atoms. The summed E-state index contributed by atoms with van der Waals surface area (Å²) in [4.78, 5) is 38.5. The van der Waals surface area contributed by atoms with Crippen molar-refractivity contribution >= 4 is 17.9 Å². The largest absolute Gasteiger partial charge is 0.481 e. The summed E-state index contributed by atoms with van der Waals surface area (Å²) < 4.78 is 0. The van der Waals surface area contributed by atoms with E-state index < -0.39 is 11.5 Å². The fourth-order valence-corrected chi connectivity index (χ4v) is 3.08. The van der Waals surface area contributed by atoms with Crippen LogP contribution in [0.25, 0.3) is 0 Å². The molecule has 0 atom stereocenters. The third-order valence-corrected chi connectivity index (χ3v) is 4.27. The number of nitrogens with zero attached hydrogens (tertiary/aromatic N) is 2. The Morgan fingerprint density at radius 2 is 1.95 bits per heavy atom. The van der Waals surface area contributed by atoms with Crippen LogP contribution < -0.4 is 5.32 Å². The quantitative estimate of drug-likeness (QED) is 0.703. The number of piperidine rings is 1. The third kappa shape index (κ3) is 3.34. The van der Waals surface area contributed by atoms with Gasteiger partial charge in [0.2, 0.25) is 0 Å². The minimum atomic E-state index is -0.912. The molecule has 0 aromatic heterocycles. The van der Waals surface area contributed by atoms with Crippen molar-refractivity contribution in [3.63, 3.8) is 0 Å². The number of hydrogen-bond acceptors (Lipinski definition) is 4. The van der Waals surface area contributed by atoms with Gasteiger partial charge in [-0.05, 0) is 32.2 Å². The van der Waals surface area contributed by atoms with Gasteiger partial charge in [-0.1, -0.05) is 6.92 Å². The zero-order valence-corrected chi connectivity index (χ0v) is 12.4. The fraction of sp³-hybridized carbons (Fsp3) is 0.786. The van der Waals surface area contributed by atoms with E-state index >= 15 is 0 Å². The van der Waals surface area contributed by atoms with E-state index in [1.807, 2.05) is 0 Å². The third-order valence-electron chi connectivity index (χ3n) is 4.27. The highest BCUT2D eigenvalue weighted by atomic mass is 16.4. The highest BCUT2D eigenvalue weighted by molar-refractivity contribution is 6.07. The van der Waals surface area contributed by atoms with E-state index in [1.54, 1.807) is 0 Å². The molecule has 21 heavy (non-hydrogen) atoms. The fourth-order valence-electron chi connectivity index (χ4n) is 3.08. The van der Waals surface area contributed by atoms with Crippen molar-refractivity contribution < 1.29 is 19.5 Å². The van der Waals surface area contributed by atoms with Crippen LogP contribution in [0.15, 0.2) is 0 Å². The number of carbonyl (C=O) groups is 3. The van der Waals surface area contributed by atoms with Crippen LogP contribution in [0, 0.1) is 0 Å². The number of amides is 3. The molecular formula is C14H23N3O4. The molecule has 2 aliphatic heterocycles. The van der Waals surface area contributed by atoms with Crippen LogP contribution >= 0.6 is 0 Å². The number of carboxylic acid groups (broad SMARTS) is 1. The number of carbonyl (C=O) groups excluding carboxylic acids is 2. The lowest BCUT2D eigenvalue weighted by atomic mass is 9.87. The van der Waals surface area contributed by atoms with Crippen LogP contribution in [0.4, 0.5) is 4.79 Å². The van der Waals surface area contributed by atoms with Crippen LogP contribution in [0.1, 0.15) is 39.0 Å². The van der Waals surface area contributed by atoms with Crippen LogP contribution in [0.2, 0.25) is 0 Å². The molecule has 2 aliphatic rings. The van der Waals surface area contributed by atoms with Crippen LogP contribution in [0.5, 0.6) is 0 Å². The van der Waals surface area contributed by atoms with Gasteiger partial charge in [0.15, 0.2) is 0 Å². The second-order valence-electron chi connectivity index (χ2n) is 5.81. The van der Waals surface area contributed by atoms with Crippen molar-refractivity contribution in [1.29, 1.82) is 0 Å². The van der Waals surface area contributed by atoms with Gasteiger partial charge in [-0.25, -0.2) is 4.79 Å². The molecule has 0 saturated carbocycles. The second kappa shape index (κ2) is 6.43. The lowest BCUT2D eigenvalue weighted by Gasteiger charge is -2.37. The normalized spacial score (nSPS) is 21.9. The first-order valence-electron chi connectivity index (χ1n) is 7.57. The smallest absolute Gasteiger partial charge is 0.325 e. The molecule has 118 valence electrons. The van der Waals surface area contributed by atoms with Gasteiger partial charge >= 0.3 is 12.0 Å². The van der Waals surface area contributed by atoms with E-state index in [-0.39, 0.29) is 24.9 Å². The van der Waals surface area contributed by atoms with Crippen LogP contribution in [0.3, 0.4) is 0 Å². The number of urea groups is 1. The van der Waals surface area contributed by atoms with Gasteiger partial charge in [-0.3, -0.25) is 14.5 Å². The Morgan fingerprint density at radius 1 is 1.29 bits per heavy atom. The van der Waals surface area contributed by atoms with Crippen molar-refractivity contribution in [3.05, 3.63) is 0 Å². The predicted octanol–water partition coefficient (Wildman–Crippen LogP) is 0.648. The number of rotatable bonds is 6. The lowest BCUT2D eigenvalue weighted by Crippen LogP contribution is -2.55. The van der Waals surface area contributed by atoms with E-state index in [9.17, 15) is 14.4 Å².